The number of rotatable bonds is 3. The summed E-state index contributed by atoms with van der Waals surface area (Å²) in [7, 11) is 1.81. The van der Waals surface area contributed by atoms with Crippen LogP contribution >= 0.6 is 11.6 Å². The average molecular weight is 292 g/mol. The fraction of sp³-hybridized carbons (Fsp3) is 0.308. The number of anilines is 1. The first-order chi connectivity index (χ1) is 9.69. The number of halogens is 1. The van der Waals surface area contributed by atoms with Crippen molar-refractivity contribution in [2.24, 2.45) is 0 Å². The number of nitrogens with one attached hydrogen (secondary N) is 1. The molecule has 1 amide bonds. The number of nitrogens with zero attached hydrogens (tertiary/aromatic N) is 4. The number of carbonyl (C=O) groups excluding carboxylic acids is 1. The van der Waals surface area contributed by atoms with Crippen LogP contribution in [0.4, 0.5) is 5.69 Å². The Labute approximate surface area is 121 Å². The number of aromatic nitrogens is 3. The summed E-state index contributed by atoms with van der Waals surface area (Å²) < 4.78 is 1.77. The zero-order valence-electron chi connectivity index (χ0n) is 11.0. The first kappa shape index (κ1) is 12.9. The summed E-state index contributed by atoms with van der Waals surface area (Å²) in [5.41, 5.74) is 1.39. The summed E-state index contributed by atoms with van der Waals surface area (Å²) in [4.78, 5) is 14.2. The van der Waals surface area contributed by atoms with Crippen LogP contribution in [0.1, 0.15) is 16.4 Å². The molecule has 0 bridgehead atoms. The van der Waals surface area contributed by atoms with Crippen LogP contribution in [0.5, 0.6) is 0 Å². The van der Waals surface area contributed by atoms with Gasteiger partial charge in [-0.2, -0.15) is 0 Å². The smallest absolute Gasteiger partial charge is 0.255 e. The van der Waals surface area contributed by atoms with E-state index >= 15 is 0 Å². The molecular weight excluding hydrogens is 278 g/mol. The van der Waals surface area contributed by atoms with Crippen LogP contribution in [0.25, 0.3) is 0 Å². The van der Waals surface area contributed by atoms with Crippen molar-refractivity contribution in [3.05, 3.63) is 41.2 Å². The van der Waals surface area contributed by atoms with E-state index < -0.39 is 0 Å². The summed E-state index contributed by atoms with van der Waals surface area (Å²) in [5, 5.41) is 11.2. The summed E-state index contributed by atoms with van der Waals surface area (Å²) >= 11 is 6.11. The Morgan fingerprint density at radius 2 is 2.25 bits per heavy atom. The van der Waals surface area contributed by atoms with E-state index in [4.69, 9.17) is 11.6 Å². The van der Waals surface area contributed by atoms with E-state index in [1.165, 1.54) is 0 Å². The maximum atomic E-state index is 12.4. The van der Waals surface area contributed by atoms with Crippen molar-refractivity contribution in [3.8, 4) is 0 Å². The van der Waals surface area contributed by atoms with E-state index in [1.54, 1.807) is 34.1 Å². The lowest BCUT2D eigenvalue weighted by Gasteiger charge is -2.39. The van der Waals surface area contributed by atoms with Crippen LogP contribution in [0.15, 0.2) is 30.6 Å². The second-order valence-electron chi connectivity index (χ2n) is 4.69. The van der Waals surface area contributed by atoms with Gasteiger partial charge >= 0.3 is 0 Å². The third kappa shape index (κ3) is 2.22. The van der Waals surface area contributed by atoms with Gasteiger partial charge in [-0.25, -0.2) is 4.68 Å². The van der Waals surface area contributed by atoms with Gasteiger partial charge in [0.25, 0.3) is 5.91 Å². The molecule has 0 unspecified atom stereocenters. The largest absolute Gasteiger partial charge is 0.388 e. The van der Waals surface area contributed by atoms with Crippen LogP contribution < -0.4 is 5.32 Å². The van der Waals surface area contributed by atoms with Crippen molar-refractivity contribution in [2.75, 3.05) is 25.5 Å². The van der Waals surface area contributed by atoms with E-state index in [-0.39, 0.29) is 11.9 Å². The Bertz CT molecular complexity index is 622. The fourth-order valence-electron chi connectivity index (χ4n) is 2.22. The highest BCUT2D eigenvalue weighted by molar-refractivity contribution is 6.34. The second-order valence-corrected chi connectivity index (χ2v) is 5.10. The number of benzene rings is 1. The molecule has 1 aliphatic rings. The number of likely N-dealkylation sites (tertiary alicyclic amines) is 1. The van der Waals surface area contributed by atoms with Crippen LogP contribution in [0, 0.1) is 0 Å². The highest BCUT2D eigenvalue weighted by Gasteiger charge is 2.33. The van der Waals surface area contributed by atoms with E-state index in [2.05, 4.69) is 15.6 Å². The molecule has 2 aromatic rings. The molecule has 104 valence electrons. The Morgan fingerprint density at radius 3 is 2.90 bits per heavy atom. The van der Waals surface area contributed by atoms with Crippen molar-refractivity contribution < 1.29 is 4.79 Å². The number of hydrogen-bond donors (Lipinski definition) is 1. The zero-order valence-corrected chi connectivity index (χ0v) is 11.7. The van der Waals surface area contributed by atoms with Gasteiger partial charge < -0.3 is 10.2 Å². The molecule has 1 fully saturated rings. The van der Waals surface area contributed by atoms with Gasteiger partial charge in [0.2, 0.25) is 0 Å². The lowest BCUT2D eigenvalue weighted by atomic mass is 10.1. The van der Waals surface area contributed by atoms with E-state index in [1.807, 2.05) is 13.1 Å². The van der Waals surface area contributed by atoms with E-state index in [0.29, 0.717) is 23.7 Å². The van der Waals surface area contributed by atoms with Gasteiger partial charge in [-0.15, -0.1) is 5.10 Å². The van der Waals surface area contributed by atoms with E-state index in [0.717, 1.165) is 5.69 Å². The molecule has 3 rings (SSSR count). The third-order valence-electron chi connectivity index (χ3n) is 3.45. The van der Waals surface area contributed by atoms with Gasteiger partial charge in [-0.3, -0.25) is 4.79 Å². The number of hydrogen-bond acceptors (Lipinski definition) is 4. The summed E-state index contributed by atoms with van der Waals surface area (Å²) in [6.07, 6.45) is 3.44. The summed E-state index contributed by atoms with van der Waals surface area (Å²) in [5.74, 6) is -0.0523. The van der Waals surface area contributed by atoms with Crippen LogP contribution in [0.3, 0.4) is 0 Å². The highest BCUT2D eigenvalue weighted by atomic mass is 35.5. The van der Waals surface area contributed by atoms with Crippen LogP contribution in [0.2, 0.25) is 5.02 Å². The molecule has 1 saturated heterocycles. The molecule has 0 radical (unpaired) electrons. The summed E-state index contributed by atoms with van der Waals surface area (Å²) in [6, 6.07) is 5.55. The van der Waals surface area contributed by atoms with Crippen LogP contribution in [-0.2, 0) is 0 Å². The standard InChI is InChI=1S/C13H14ClN5O/c1-15-9-2-3-12(14)11(6-9)13(20)18-7-10(8-18)19-5-4-16-17-19/h2-6,10,15H,7-8H2,1H3. The minimum Gasteiger partial charge on any atom is -0.388 e. The molecule has 1 aromatic carbocycles. The first-order valence-corrected chi connectivity index (χ1v) is 6.69. The maximum Gasteiger partial charge on any atom is 0.255 e. The molecule has 6 nitrogen and oxygen atoms in total. The lowest BCUT2D eigenvalue weighted by molar-refractivity contribution is 0.0498. The van der Waals surface area contributed by atoms with Crippen molar-refractivity contribution in [1.29, 1.82) is 0 Å². The molecule has 7 heteroatoms. The minimum absolute atomic E-state index is 0.0523. The predicted molar refractivity (Wildman–Crippen MR) is 76.0 cm³/mol. The minimum atomic E-state index is -0.0523. The first-order valence-electron chi connectivity index (χ1n) is 6.31. The van der Waals surface area contributed by atoms with Gasteiger partial charge in [-0.1, -0.05) is 16.8 Å². The molecule has 1 aromatic heterocycles. The number of amides is 1. The Morgan fingerprint density at radius 1 is 1.45 bits per heavy atom. The molecule has 1 aliphatic heterocycles. The molecule has 0 saturated carbocycles. The monoisotopic (exact) mass is 291 g/mol. The topological polar surface area (TPSA) is 63.1 Å². The van der Waals surface area contributed by atoms with Gasteiger partial charge in [0, 0.05) is 32.0 Å². The normalized spacial score (nSPS) is 15.0. The molecular formula is C13H14ClN5O. The fourth-order valence-corrected chi connectivity index (χ4v) is 2.41. The zero-order chi connectivity index (χ0) is 14.1. The highest BCUT2D eigenvalue weighted by Crippen LogP contribution is 2.27. The van der Waals surface area contributed by atoms with Crippen molar-refractivity contribution in [1.82, 2.24) is 19.9 Å². The molecule has 2 heterocycles. The van der Waals surface area contributed by atoms with Gasteiger partial charge in [0.15, 0.2) is 0 Å². The third-order valence-corrected chi connectivity index (χ3v) is 3.78. The molecule has 20 heavy (non-hydrogen) atoms. The Hall–Kier alpha value is -2.08. The molecule has 0 aliphatic carbocycles. The van der Waals surface area contributed by atoms with Crippen molar-refractivity contribution in [2.45, 2.75) is 6.04 Å². The van der Waals surface area contributed by atoms with Crippen molar-refractivity contribution >= 4 is 23.2 Å². The van der Waals surface area contributed by atoms with Crippen molar-refractivity contribution in [3.63, 3.8) is 0 Å². The van der Waals surface area contributed by atoms with E-state index in [9.17, 15) is 4.79 Å². The quantitative estimate of drug-likeness (QED) is 0.934. The van der Waals surface area contributed by atoms with Crippen LogP contribution in [-0.4, -0.2) is 45.9 Å². The summed E-state index contributed by atoms with van der Waals surface area (Å²) in [6.45, 7) is 1.25. The van der Waals surface area contributed by atoms with Gasteiger partial charge in [-0.05, 0) is 18.2 Å². The average Bonchev–Trinajstić information content (AvgIpc) is 2.91. The lowest BCUT2D eigenvalue weighted by Crippen LogP contribution is -2.51. The van der Waals surface area contributed by atoms with Gasteiger partial charge in [0.05, 0.1) is 22.8 Å². The molecule has 0 atom stereocenters. The Kier molecular flexibility index (Phi) is 3.31. The molecule has 0 spiro atoms. The number of carbonyl (C=O) groups is 1. The second kappa shape index (κ2) is 5.13. The predicted octanol–water partition coefficient (Wildman–Crippen LogP) is 1.67. The van der Waals surface area contributed by atoms with Gasteiger partial charge in [0.1, 0.15) is 0 Å². The maximum absolute atomic E-state index is 12.4. The Balaban J connectivity index is 1.72. The SMILES string of the molecule is CNc1ccc(Cl)c(C(=O)N2CC(n3ccnn3)C2)c1. The molecule has 1 N–H and O–H groups in total.